The van der Waals surface area contributed by atoms with Crippen LogP contribution in [0.4, 0.5) is 35.1 Å². The predicted molar refractivity (Wildman–Crippen MR) is 451 cm³/mol. The fraction of sp³-hybridized carbons (Fsp3) is 0.250. The molecular weight excluding hydrogens is 1500 g/mol. The van der Waals surface area contributed by atoms with Gasteiger partial charge in [0, 0.05) is 36.5 Å². The van der Waals surface area contributed by atoms with Gasteiger partial charge in [-0.2, -0.15) is 0 Å². The van der Waals surface area contributed by atoms with Crippen molar-refractivity contribution in [1.82, 2.24) is 10.6 Å². The van der Waals surface area contributed by atoms with E-state index in [1.165, 1.54) is 105 Å². The molecule has 0 radical (unpaired) electrons. The van der Waals surface area contributed by atoms with Crippen LogP contribution in [-0.4, -0.2) is 84.9 Å². The molecule has 0 aliphatic carbocycles. The zero-order valence-electron chi connectivity index (χ0n) is 66.8. The predicted octanol–water partition coefficient (Wildman–Crippen LogP) is 20.4. The summed E-state index contributed by atoms with van der Waals surface area (Å²) in [5, 5.41) is 24.6. The maximum Gasteiger partial charge on any atom is 0.165 e. The normalized spacial score (nSPS) is 12.2. The van der Waals surface area contributed by atoms with Gasteiger partial charge in [0.1, 0.15) is 41.2 Å². The van der Waals surface area contributed by atoms with Gasteiger partial charge >= 0.3 is 0 Å². The van der Waals surface area contributed by atoms with Gasteiger partial charge in [0.05, 0.1) is 21.3 Å². The molecule has 0 saturated heterocycles. The Morgan fingerprint density at radius 3 is 0.872 bits per heavy atom. The van der Waals surface area contributed by atoms with Crippen molar-refractivity contribution in [2.24, 2.45) is 22.9 Å². The van der Waals surface area contributed by atoms with Crippen molar-refractivity contribution in [1.29, 1.82) is 0 Å². The van der Waals surface area contributed by atoms with Crippen molar-refractivity contribution in [3.8, 4) is 40.2 Å². The topological polar surface area (TPSA) is 215 Å². The van der Waals surface area contributed by atoms with Gasteiger partial charge in [-0.05, 0) is 262 Å². The molecule has 6 atom stereocenters. The highest BCUT2D eigenvalue weighted by Gasteiger charge is 2.22. The maximum atomic E-state index is 13.9. The Morgan fingerprint density at radius 2 is 0.564 bits per heavy atom. The van der Waals surface area contributed by atoms with E-state index in [2.05, 4.69) is 47.9 Å². The second-order valence-electron chi connectivity index (χ2n) is 27.2. The molecule has 13 nitrogen and oxygen atoms in total. The second-order valence-corrected chi connectivity index (χ2v) is 27.2. The lowest BCUT2D eigenvalue weighted by molar-refractivity contribution is 0.189. The van der Waals surface area contributed by atoms with E-state index in [1.54, 1.807) is 67.8 Å². The van der Waals surface area contributed by atoms with Crippen LogP contribution in [0.15, 0.2) is 279 Å². The number of halogens is 8. The maximum absolute atomic E-state index is 13.9. The Morgan fingerprint density at radius 1 is 0.282 bits per heavy atom. The number of methoxy groups -OCH3 is 3. The summed E-state index contributed by atoms with van der Waals surface area (Å²) in [6.07, 6.45) is 4.22. The Bertz CT molecular complexity index is 4900. The molecule has 0 spiro atoms. The number of rotatable bonds is 31. The van der Waals surface area contributed by atoms with E-state index < -0.39 is 29.0 Å². The summed E-state index contributed by atoms with van der Waals surface area (Å²) in [4.78, 5) is 0. The Kier molecular flexibility index (Phi) is 39.6. The fourth-order valence-electron chi connectivity index (χ4n) is 13.1. The van der Waals surface area contributed by atoms with Gasteiger partial charge in [-0.1, -0.05) is 164 Å². The first-order valence-corrected chi connectivity index (χ1v) is 38.6. The highest BCUT2D eigenvalue weighted by atomic mass is 19.2. The van der Waals surface area contributed by atoms with Crippen LogP contribution < -0.4 is 57.3 Å². The Hall–Kier alpha value is -11.6. The number of aromatic hydroxyl groups is 2. The third-order valence-corrected chi connectivity index (χ3v) is 19.1. The van der Waals surface area contributed by atoms with Crippen molar-refractivity contribution in [2.45, 2.75) is 81.3 Å². The minimum Gasteiger partial charge on any atom is -0.505 e. The van der Waals surface area contributed by atoms with E-state index >= 15 is 0 Å². The molecule has 0 saturated carbocycles. The zero-order valence-corrected chi connectivity index (χ0v) is 66.8. The minimum absolute atomic E-state index is 0.0253. The first kappa shape index (κ1) is 92.6. The Labute approximate surface area is 682 Å². The van der Waals surface area contributed by atoms with E-state index in [0.29, 0.717) is 51.0 Å². The summed E-state index contributed by atoms with van der Waals surface area (Å²) in [5.41, 5.74) is 32.2. The van der Waals surface area contributed by atoms with Crippen LogP contribution in [0.25, 0.3) is 0 Å². The van der Waals surface area contributed by atoms with Crippen LogP contribution in [0.2, 0.25) is 0 Å². The van der Waals surface area contributed by atoms with Crippen molar-refractivity contribution in [2.75, 3.05) is 74.7 Å². The molecule has 0 amide bonds. The van der Waals surface area contributed by atoms with Crippen LogP contribution in [0.5, 0.6) is 40.2 Å². The number of phenols is 2. The largest absolute Gasteiger partial charge is 0.505 e. The molecule has 0 aliphatic heterocycles. The number of aryl methyl sites for hydroxylation is 1. The van der Waals surface area contributed by atoms with E-state index in [-0.39, 0.29) is 76.4 Å². The molecule has 6 unspecified atom stereocenters. The highest BCUT2D eigenvalue weighted by molar-refractivity contribution is 5.43. The average molecular weight is 1610 g/mol. The average Bonchev–Trinajstić information content (AvgIpc) is 1.25. The summed E-state index contributed by atoms with van der Waals surface area (Å²) in [6.45, 7) is 5.58. The number of ether oxygens (including phenoxy) is 5. The van der Waals surface area contributed by atoms with E-state index in [4.69, 9.17) is 46.6 Å². The number of hydrogen-bond donors (Lipinski definition) is 8. The summed E-state index contributed by atoms with van der Waals surface area (Å²) >= 11 is 0. The molecule has 0 aliphatic rings. The standard InChI is InChI=1S/C17H19F2NO.2C16H17F2NO.C16H19NO2.C16H19NO.C15H15F2NO/c1-20-9-8-15(12-4-3-5-14(18)10-12)13-6-7-17(21-2)16(19)11-13;1-20-16-6-5-12(10-15(16)18)14(7-8-19)11-3-2-4-13(17)9-11;1-19-8-7-14(11-3-2-4-13(17)9-11)12-5-6-16(20)15(18)10-12;1-18-15-9-5-6-10-16(15)19-14(11-12-17)13-7-3-2-4-8-13;1-13-7-5-6-10-15(13)18-16(11-12-17)14-8-3-2-4-9-14;16-12-3-1-2-10(8-12)13(6-7-18)11-4-5-15(19)14(17)9-11/h3-7,10-11,15,20H,8-9H2,1-2H3;2-6,9-10,14H,7-8,19H2,1H3;2-6,9-10,14,19-20H,7-8H2,1H3;2-10,14H,11-12,17H2,1H3;2-10,16H,11-12,17H2,1H3;1-5,8-9,13,19H,6-7,18H2. The lowest BCUT2D eigenvalue weighted by Gasteiger charge is -2.20. The van der Waals surface area contributed by atoms with Gasteiger partial charge in [-0.3, -0.25) is 0 Å². The monoisotopic (exact) mass is 1610 g/mol. The number of phenolic OH excluding ortho intramolecular Hbond substituents is 2. The van der Waals surface area contributed by atoms with Gasteiger partial charge in [-0.15, -0.1) is 0 Å². The minimum atomic E-state index is -0.684. The Balaban J connectivity index is 0.000000194. The third-order valence-electron chi connectivity index (χ3n) is 19.1. The van der Waals surface area contributed by atoms with Crippen molar-refractivity contribution >= 4 is 0 Å². The van der Waals surface area contributed by atoms with Crippen LogP contribution in [-0.2, 0) is 0 Å². The smallest absolute Gasteiger partial charge is 0.165 e. The number of hydrogen-bond acceptors (Lipinski definition) is 13. The van der Waals surface area contributed by atoms with Crippen LogP contribution in [0, 0.1) is 53.5 Å². The first-order chi connectivity index (χ1) is 56.7. The third kappa shape index (κ3) is 29.6. The molecule has 0 fully saturated rings. The number of para-hydroxylation sites is 3. The van der Waals surface area contributed by atoms with E-state index in [1.807, 2.05) is 117 Å². The summed E-state index contributed by atoms with van der Waals surface area (Å²) in [6, 6.07) is 79.5. The molecule has 0 aromatic heterocycles. The molecule has 117 heavy (non-hydrogen) atoms. The van der Waals surface area contributed by atoms with Gasteiger partial charge in [0.15, 0.2) is 57.8 Å². The molecule has 0 heterocycles. The van der Waals surface area contributed by atoms with Gasteiger partial charge in [0.25, 0.3) is 0 Å². The van der Waals surface area contributed by atoms with Crippen LogP contribution in [0.3, 0.4) is 0 Å². The van der Waals surface area contributed by atoms with E-state index in [0.717, 1.165) is 99.7 Å². The number of benzene rings is 12. The molecule has 0 bridgehead atoms. The lowest BCUT2D eigenvalue weighted by atomic mass is 9.88. The van der Waals surface area contributed by atoms with Crippen molar-refractivity contribution in [3.05, 3.63) is 387 Å². The fourth-order valence-corrected chi connectivity index (χ4v) is 13.1. The quantitative estimate of drug-likeness (QED) is 0.0190. The van der Waals surface area contributed by atoms with Crippen LogP contribution in [0.1, 0.15) is 136 Å². The number of nitrogens with two attached hydrogens (primary N) is 4. The molecular formula is C96H106F8N6O7. The molecule has 21 heteroatoms. The molecule has 12 aromatic rings. The summed E-state index contributed by atoms with van der Waals surface area (Å²) in [5.74, 6) is -1.85. The molecule has 12 rings (SSSR count). The van der Waals surface area contributed by atoms with Crippen molar-refractivity contribution < 1.29 is 69.0 Å². The first-order valence-electron chi connectivity index (χ1n) is 38.6. The molecule has 12 aromatic carbocycles. The van der Waals surface area contributed by atoms with Gasteiger partial charge in [0.2, 0.25) is 0 Å². The summed E-state index contributed by atoms with van der Waals surface area (Å²) in [7, 11) is 8.19. The highest BCUT2D eigenvalue weighted by Crippen LogP contribution is 2.37. The molecule has 618 valence electrons. The zero-order chi connectivity index (χ0) is 84.4. The summed E-state index contributed by atoms with van der Waals surface area (Å²) < 4.78 is 135. The molecule has 12 N–H and O–H groups in total. The second kappa shape index (κ2) is 50.0. The lowest BCUT2D eigenvalue weighted by Crippen LogP contribution is -2.13. The number of nitrogens with one attached hydrogen (secondary N) is 2. The van der Waals surface area contributed by atoms with Gasteiger partial charge in [-0.25, -0.2) is 35.1 Å². The van der Waals surface area contributed by atoms with Gasteiger partial charge < -0.3 is 67.5 Å². The van der Waals surface area contributed by atoms with Crippen LogP contribution >= 0.6 is 0 Å². The van der Waals surface area contributed by atoms with E-state index in [9.17, 15) is 45.3 Å². The van der Waals surface area contributed by atoms with Crippen molar-refractivity contribution in [3.63, 3.8) is 0 Å². The SMILES string of the molecule is CNCCC(c1cccc(F)c1)c1ccc(O)c(F)c1.CNCCC(c1cccc(F)c1)c1ccc(OC)c(F)c1.COc1ccc(C(CCN)c2cccc(F)c2)cc1F.COc1ccccc1OC(CCN)c1ccccc1.Cc1ccccc1OC(CCN)c1ccccc1.NCCC(c1cccc(F)c1)c1ccc(O)c(F)c1.